The molecule has 0 aliphatic carbocycles. The van der Waals surface area contributed by atoms with Crippen LogP contribution in [0.3, 0.4) is 0 Å². The van der Waals surface area contributed by atoms with Gasteiger partial charge in [0.2, 0.25) is 0 Å². The Morgan fingerprint density at radius 2 is 1.85 bits per heavy atom. The van der Waals surface area contributed by atoms with Crippen LogP contribution in [-0.4, -0.2) is 56.6 Å². The van der Waals surface area contributed by atoms with Crippen LogP contribution < -0.4 is 10.6 Å². The van der Waals surface area contributed by atoms with E-state index in [-0.39, 0.29) is 6.61 Å². The molecule has 3 N–H and O–H groups in total. The second-order valence-electron chi connectivity index (χ2n) is 5.95. The van der Waals surface area contributed by atoms with Crippen LogP contribution in [-0.2, 0) is 0 Å². The molecular weight excluding hydrogens is 360 g/mol. The minimum Gasteiger partial charge on any atom is -0.397 e. The van der Waals surface area contributed by atoms with Crippen molar-refractivity contribution >= 4 is 34.9 Å². The Balaban J connectivity index is 0.000000282. The molecule has 0 atom stereocenters. The lowest BCUT2D eigenvalue weighted by Gasteiger charge is -2.11. The predicted octanol–water partition coefficient (Wildman–Crippen LogP) is 4.30. The summed E-state index contributed by atoms with van der Waals surface area (Å²) in [5.41, 5.74) is 3.98. The standard InChI is InChI=1S/C13H9ClN2.C6H16N2.C2H6O/c14-10-5-6-12-13(7-10)15-8-9-3-1-2-4-11(9)16-12;1-4-8(3)6-5-7-2;1-2-3/h1-8,16H;7H,4-6H2,1-3H3;3H,2H2,1H3. The summed E-state index contributed by atoms with van der Waals surface area (Å²) in [6, 6.07) is 13.7. The Bertz CT molecular complexity index is 706. The predicted molar refractivity (Wildman–Crippen MR) is 118 cm³/mol. The number of hydrogen-bond donors (Lipinski definition) is 3. The van der Waals surface area contributed by atoms with Gasteiger partial charge in [-0.15, -0.1) is 0 Å². The van der Waals surface area contributed by atoms with Crippen molar-refractivity contribution in [1.29, 1.82) is 0 Å². The number of para-hydroxylation sites is 1. The molecule has 27 heavy (non-hydrogen) atoms. The molecule has 0 spiro atoms. The molecule has 0 saturated heterocycles. The summed E-state index contributed by atoms with van der Waals surface area (Å²) < 4.78 is 0. The summed E-state index contributed by atoms with van der Waals surface area (Å²) in [5.74, 6) is 0. The molecule has 0 fully saturated rings. The molecule has 1 heterocycles. The van der Waals surface area contributed by atoms with Crippen molar-refractivity contribution in [3.05, 3.63) is 53.1 Å². The summed E-state index contributed by atoms with van der Waals surface area (Å²) in [4.78, 5) is 6.69. The average molecular weight is 391 g/mol. The van der Waals surface area contributed by atoms with E-state index in [1.165, 1.54) is 0 Å². The van der Waals surface area contributed by atoms with Gasteiger partial charge >= 0.3 is 0 Å². The van der Waals surface area contributed by atoms with Crippen LogP contribution in [0, 0.1) is 0 Å². The first-order valence-electron chi connectivity index (χ1n) is 9.19. The zero-order valence-corrected chi connectivity index (χ0v) is 17.4. The van der Waals surface area contributed by atoms with Gasteiger partial charge in [-0.3, -0.25) is 4.99 Å². The van der Waals surface area contributed by atoms with Crippen molar-refractivity contribution in [2.75, 3.05) is 45.7 Å². The number of nitrogens with one attached hydrogen (secondary N) is 2. The molecule has 5 nitrogen and oxygen atoms in total. The zero-order chi connectivity index (χ0) is 20.1. The van der Waals surface area contributed by atoms with Crippen LogP contribution in [0.4, 0.5) is 17.1 Å². The van der Waals surface area contributed by atoms with Crippen LogP contribution in [0.25, 0.3) is 0 Å². The lowest BCUT2D eigenvalue weighted by molar-refractivity contribution is 0.318. The van der Waals surface area contributed by atoms with Crippen LogP contribution >= 0.6 is 11.6 Å². The number of likely N-dealkylation sites (N-methyl/N-ethyl adjacent to an activating group) is 2. The second-order valence-corrected chi connectivity index (χ2v) is 6.38. The molecule has 1 aliphatic heterocycles. The fraction of sp³-hybridized carbons (Fsp3) is 0.381. The van der Waals surface area contributed by atoms with Gasteiger partial charge in [-0.1, -0.05) is 36.7 Å². The van der Waals surface area contributed by atoms with E-state index in [2.05, 4.69) is 34.5 Å². The maximum atomic E-state index is 7.57. The van der Waals surface area contributed by atoms with Crippen LogP contribution in [0.2, 0.25) is 5.02 Å². The molecule has 2 aromatic carbocycles. The third kappa shape index (κ3) is 8.54. The summed E-state index contributed by atoms with van der Waals surface area (Å²) in [6.45, 7) is 7.47. The summed E-state index contributed by atoms with van der Waals surface area (Å²) in [7, 11) is 4.10. The number of anilines is 2. The Labute approximate surface area is 168 Å². The summed E-state index contributed by atoms with van der Waals surface area (Å²) in [6.07, 6.45) is 1.85. The number of nitrogens with zero attached hydrogens (tertiary/aromatic N) is 2. The number of aliphatic hydroxyl groups is 1. The van der Waals surface area contributed by atoms with Crippen LogP contribution in [0.1, 0.15) is 19.4 Å². The Morgan fingerprint density at radius 1 is 1.15 bits per heavy atom. The molecule has 2 aromatic rings. The van der Waals surface area contributed by atoms with Crippen molar-refractivity contribution in [1.82, 2.24) is 10.2 Å². The maximum Gasteiger partial charge on any atom is 0.0879 e. The minimum atomic E-state index is 0.250. The molecule has 1 aliphatic rings. The van der Waals surface area contributed by atoms with Gasteiger partial charge in [0.25, 0.3) is 0 Å². The second kappa shape index (κ2) is 13.3. The molecule has 6 heteroatoms. The number of hydrogen-bond acceptors (Lipinski definition) is 5. The largest absolute Gasteiger partial charge is 0.397 e. The number of fused-ring (bicyclic) bond motifs is 2. The highest BCUT2D eigenvalue weighted by atomic mass is 35.5. The highest BCUT2D eigenvalue weighted by Gasteiger charge is 2.08. The number of aliphatic hydroxyl groups excluding tert-OH is 1. The normalized spacial score (nSPS) is 11.1. The van der Waals surface area contributed by atoms with E-state index in [4.69, 9.17) is 16.7 Å². The van der Waals surface area contributed by atoms with E-state index < -0.39 is 0 Å². The molecule has 0 radical (unpaired) electrons. The van der Waals surface area contributed by atoms with Crippen molar-refractivity contribution in [2.45, 2.75) is 13.8 Å². The smallest absolute Gasteiger partial charge is 0.0879 e. The van der Waals surface area contributed by atoms with Crippen molar-refractivity contribution in [2.24, 2.45) is 4.99 Å². The van der Waals surface area contributed by atoms with Gasteiger partial charge in [0, 0.05) is 42.2 Å². The SMILES string of the molecule is CCN(C)CCNC.CCO.Clc1ccc2c(c1)N=Cc1ccccc1N2. The van der Waals surface area contributed by atoms with Gasteiger partial charge in [-0.05, 0) is 51.8 Å². The zero-order valence-electron chi connectivity index (χ0n) is 16.7. The van der Waals surface area contributed by atoms with E-state index in [1.54, 1.807) is 6.92 Å². The third-order valence-corrected chi connectivity index (χ3v) is 4.05. The average Bonchev–Trinajstić information content (AvgIpc) is 2.86. The Hall–Kier alpha value is -1.92. The topological polar surface area (TPSA) is 59.9 Å². The third-order valence-electron chi connectivity index (χ3n) is 3.82. The first-order valence-corrected chi connectivity index (χ1v) is 9.57. The van der Waals surface area contributed by atoms with E-state index in [0.29, 0.717) is 5.02 Å². The van der Waals surface area contributed by atoms with E-state index in [9.17, 15) is 0 Å². The Morgan fingerprint density at radius 3 is 2.52 bits per heavy atom. The number of aliphatic imine (C=N–C) groups is 1. The van der Waals surface area contributed by atoms with Crippen molar-refractivity contribution in [3.63, 3.8) is 0 Å². The first kappa shape index (κ1) is 23.1. The lowest BCUT2D eigenvalue weighted by atomic mass is 10.2. The highest BCUT2D eigenvalue weighted by molar-refractivity contribution is 6.31. The molecule has 3 rings (SSSR count). The maximum absolute atomic E-state index is 7.57. The first-order chi connectivity index (χ1) is 13.0. The quantitative estimate of drug-likeness (QED) is 0.621. The lowest BCUT2D eigenvalue weighted by Crippen LogP contribution is -2.26. The summed E-state index contributed by atoms with van der Waals surface area (Å²) in [5, 5.41) is 14.7. The van der Waals surface area contributed by atoms with Gasteiger partial charge in [-0.2, -0.15) is 0 Å². The van der Waals surface area contributed by atoms with E-state index in [1.807, 2.05) is 55.7 Å². The fourth-order valence-electron chi connectivity index (χ4n) is 2.19. The highest BCUT2D eigenvalue weighted by Crippen LogP contribution is 2.33. The van der Waals surface area contributed by atoms with Crippen molar-refractivity contribution < 1.29 is 5.11 Å². The van der Waals surface area contributed by atoms with Gasteiger partial charge in [0.15, 0.2) is 0 Å². The Kier molecular flexibility index (Phi) is 11.4. The van der Waals surface area contributed by atoms with Crippen LogP contribution in [0.5, 0.6) is 0 Å². The van der Waals surface area contributed by atoms with E-state index in [0.717, 1.165) is 42.3 Å². The molecule has 0 saturated carbocycles. The number of benzene rings is 2. The molecule has 0 aromatic heterocycles. The van der Waals surface area contributed by atoms with Gasteiger partial charge in [0.1, 0.15) is 0 Å². The number of halogens is 1. The molecule has 148 valence electrons. The molecule has 0 amide bonds. The molecule has 0 unspecified atom stereocenters. The van der Waals surface area contributed by atoms with Crippen molar-refractivity contribution in [3.8, 4) is 0 Å². The summed E-state index contributed by atoms with van der Waals surface area (Å²) >= 11 is 5.94. The fourth-order valence-corrected chi connectivity index (χ4v) is 2.35. The van der Waals surface area contributed by atoms with Gasteiger partial charge < -0.3 is 20.6 Å². The van der Waals surface area contributed by atoms with Gasteiger partial charge in [-0.25, -0.2) is 0 Å². The molecular formula is C21H31ClN4O. The molecule has 0 bridgehead atoms. The minimum absolute atomic E-state index is 0.250. The monoisotopic (exact) mass is 390 g/mol. The van der Waals surface area contributed by atoms with E-state index >= 15 is 0 Å². The van der Waals surface area contributed by atoms with Gasteiger partial charge in [0.05, 0.1) is 11.4 Å². The van der Waals surface area contributed by atoms with Crippen LogP contribution in [0.15, 0.2) is 47.5 Å². The number of rotatable bonds is 4.